The summed E-state index contributed by atoms with van der Waals surface area (Å²) in [6.45, 7) is 1.44. The van der Waals surface area contributed by atoms with Crippen molar-refractivity contribution in [2.75, 3.05) is 10.6 Å². The van der Waals surface area contributed by atoms with E-state index in [0.717, 1.165) is 17.9 Å². The van der Waals surface area contributed by atoms with Gasteiger partial charge in [-0.3, -0.25) is 0 Å². The Kier molecular flexibility index (Phi) is 3.53. The highest BCUT2D eigenvalue weighted by atomic mass is 32.2. The van der Waals surface area contributed by atoms with Crippen LogP contribution in [0.2, 0.25) is 0 Å². The van der Waals surface area contributed by atoms with E-state index in [1.807, 2.05) is 30.3 Å². The van der Waals surface area contributed by atoms with Crippen molar-refractivity contribution in [2.24, 2.45) is 0 Å². The van der Waals surface area contributed by atoms with Gasteiger partial charge < -0.3 is 10.6 Å². The zero-order valence-corrected chi connectivity index (χ0v) is 11.5. The van der Waals surface area contributed by atoms with Crippen LogP contribution in [-0.4, -0.2) is 5.76 Å². The molecule has 1 aliphatic rings. The molecule has 0 aliphatic carbocycles. The molecule has 0 spiro atoms. The summed E-state index contributed by atoms with van der Waals surface area (Å²) in [5.41, 5.74) is 9.75. The van der Waals surface area contributed by atoms with Crippen LogP contribution in [0.5, 0.6) is 0 Å². The number of nitrogens with zero attached hydrogens (tertiary/aromatic N) is 1. The lowest BCUT2D eigenvalue weighted by Crippen LogP contribution is -2.15. The summed E-state index contributed by atoms with van der Waals surface area (Å²) in [4.78, 5) is 2.72. The quantitative estimate of drug-likeness (QED) is 0.682. The molecule has 0 aromatic heterocycles. The van der Waals surface area contributed by atoms with Crippen LogP contribution >= 0.6 is 11.8 Å². The number of halogens is 2. The third-order valence-corrected chi connectivity index (χ3v) is 4.15. The van der Waals surface area contributed by atoms with Crippen LogP contribution in [0.25, 0.3) is 0 Å². The number of nitrogens with two attached hydrogens (primary N) is 1. The highest BCUT2D eigenvalue weighted by molar-refractivity contribution is 7.99. The van der Waals surface area contributed by atoms with E-state index < -0.39 is 5.76 Å². The normalized spacial score (nSPS) is 13.8. The van der Waals surface area contributed by atoms with Gasteiger partial charge in [0.15, 0.2) is 0 Å². The van der Waals surface area contributed by atoms with Gasteiger partial charge >= 0.3 is 0 Å². The van der Waals surface area contributed by atoms with Gasteiger partial charge in [0.25, 0.3) is 5.76 Å². The molecule has 0 atom stereocenters. The number of hydrogen-bond acceptors (Lipinski definition) is 3. The lowest BCUT2D eigenvalue weighted by Gasteiger charge is -2.20. The van der Waals surface area contributed by atoms with E-state index in [1.54, 1.807) is 12.1 Å². The minimum Gasteiger partial charge on any atom is -0.399 e. The third kappa shape index (κ3) is 2.58. The number of rotatable bonds is 3. The molecule has 0 saturated heterocycles. The number of alkyl halides is 2. The number of hydrogen-bond donors (Lipinski definition) is 1. The number of thioether (sulfide) groups is 1. The van der Waals surface area contributed by atoms with Crippen molar-refractivity contribution in [1.29, 1.82) is 0 Å². The Hall–Kier alpha value is -1.75. The minimum atomic E-state index is -2.41. The maximum Gasteiger partial charge on any atom is 0.288 e. The Labute approximate surface area is 120 Å². The Balaban J connectivity index is 1.89. The van der Waals surface area contributed by atoms with E-state index in [9.17, 15) is 8.78 Å². The molecule has 0 unspecified atom stereocenters. The zero-order valence-electron chi connectivity index (χ0n) is 10.7. The fraction of sp³-hybridized carbons (Fsp3) is 0.200. The Bertz CT molecular complexity index is 631. The zero-order chi connectivity index (χ0) is 14.1. The van der Waals surface area contributed by atoms with Gasteiger partial charge in [-0.1, -0.05) is 30.0 Å². The van der Waals surface area contributed by atoms with Crippen molar-refractivity contribution in [3.8, 4) is 0 Å². The molecule has 0 radical (unpaired) electrons. The van der Waals surface area contributed by atoms with E-state index in [-0.39, 0.29) is 0 Å². The molecule has 104 valence electrons. The monoisotopic (exact) mass is 292 g/mol. The van der Waals surface area contributed by atoms with E-state index in [1.165, 1.54) is 11.1 Å². The van der Waals surface area contributed by atoms with E-state index >= 15 is 0 Å². The number of para-hydroxylation sites is 1. The van der Waals surface area contributed by atoms with Crippen LogP contribution < -0.4 is 10.6 Å². The van der Waals surface area contributed by atoms with Crippen molar-refractivity contribution >= 4 is 23.1 Å². The van der Waals surface area contributed by atoms with E-state index in [2.05, 4.69) is 4.90 Å². The van der Waals surface area contributed by atoms with Crippen LogP contribution in [-0.2, 0) is 13.1 Å². The summed E-state index contributed by atoms with van der Waals surface area (Å²) in [7, 11) is 0. The molecule has 2 aromatic rings. The largest absolute Gasteiger partial charge is 0.399 e. The molecule has 1 heterocycles. The van der Waals surface area contributed by atoms with Crippen molar-refractivity contribution < 1.29 is 8.78 Å². The first kappa shape index (κ1) is 13.2. The highest BCUT2D eigenvalue weighted by Gasteiger charge is 2.22. The summed E-state index contributed by atoms with van der Waals surface area (Å²) in [6.07, 6.45) is 0. The van der Waals surface area contributed by atoms with Crippen LogP contribution in [0, 0.1) is 0 Å². The molecule has 20 heavy (non-hydrogen) atoms. The summed E-state index contributed by atoms with van der Waals surface area (Å²) >= 11 is 0.594. The first-order chi connectivity index (χ1) is 9.63. The second kappa shape index (κ2) is 5.32. The maximum atomic E-state index is 12.6. The van der Waals surface area contributed by atoms with Gasteiger partial charge in [0.2, 0.25) is 0 Å². The molecular weight excluding hydrogens is 278 g/mol. The van der Waals surface area contributed by atoms with Crippen molar-refractivity contribution in [3.05, 3.63) is 53.6 Å². The first-order valence-corrected chi connectivity index (χ1v) is 7.17. The fourth-order valence-electron chi connectivity index (χ4n) is 2.50. The van der Waals surface area contributed by atoms with Gasteiger partial charge in [-0.05, 0) is 35.4 Å². The van der Waals surface area contributed by atoms with E-state index in [0.29, 0.717) is 23.2 Å². The standard InChI is InChI=1S/C15H14F2N2S/c16-15(17)20-14-4-2-1-3-13(14)19-8-10-5-6-12(18)7-11(10)9-19/h1-7,15H,8-9,18H2. The number of anilines is 2. The average Bonchev–Trinajstić information content (AvgIpc) is 2.81. The molecule has 3 rings (SSSR count). The van der Waals surface area contributed by atoms with Crippen LogP contribution in [0.1, 0.15) is 11.1 Å². The van der Waals surface area contributed by atoms with Crippen LogP contribution in [0.3, 0.4) is 0 Å². The predicted octanol–water partition coefficient (Wildman–Crippen LogP) is 4.10. The molecule has 5 heteroatoms. The number of fused-ring (bicyclic) bond motifs is 1. The van der Waals surface area contributed by atoms with Gasteiger partial charge in [0.1, 0.15) is 0 Å². The van der Waals surface area contributed by atoms with Gasteiger partial charge in [-0.25, -0.2) is 0 Å². The van der Waals surface area contributed by atoms with Crippen molar-refractivity contribution in [3.63, 3.8) is 0 Å². The molecular formula is C15H14F2N2S. The maximum absolute atomic E-state index is 12.6. The topological polar surface area (TPSA) is 29.3 Å². The van der Waals surface area contributed by atoms with Gasteiger partial charge in [-0.15, -0.1) is 0 Å². The third-order valence-electron chi connectivity index (χ3n) is 3.37. The number of nitrogen functional groups attached to an aromatic ring is 1. The molecule has 0 saturated carbocycles. The smallest absolute Gasteiger partial charge is 0.288 e. The predicted molar refractivity (Wildman–Crippen MR) is 79.0 cm³/mol. The molecule has 0 amide bonds. The molecule has 2 nitrogen and oxygen atoms in total. The van der Waals surface area contributed by atoms with Gasteiger partial charge in [-0.2, -0.15) is 8.78 Å². The second-order valence-corrected chi connectivity index (χ2v) is 5.76. The SMILES string of the molecule is Nc1ccc2c(c1)CN(c1ccccc1SC(F)F)C2. The summed E-state index contributed by atoms with van der Waals surface area (Å²) < 4.78 is 25.3. The average molecular weight is 292 g/mol. The second-order valence-electron chi connectivity index (χ2n) is 4.73. The summed E-state index contributed by atoms with van der Waals surface area (Å²) in [5.74, 6) is -2.41. The summed E-state index contributed by atoms with van der Waals surface area (Å²) in [6, 6.07) is 13.1. The number of benzene rings is 2. The van der Waals surface area contributed by atoms with Gasteiger partial charge in [0.05, 0.1) is 5.69 Å². The molecule has 0 fully saturated rings. The lowest BCUT2D eigenvalue weighted by molar-refractivity contribution is 0.252. The molecule has 2 aromatic carbocycles. The Morgan fingerprint density at radius 2 is 1.80 bits per heavy atom. The minimum absolute atomic E-state index is 0.594. The van der Waals surface area contributed by atoms with Crippen molar-refractivity contribution in [1.82, 2.24) is 0 Å². The van der Waals surface area contributed by atoms with Crippen LogP contribution in [0.15, 0.2) is 47.4 Å². The van der Waals surface area contributed by atoms with E-state index in [4.69, 9.17) is 5.73 Å². The first-order valence-electron chi connectivity index (χ1n) is 6.29. The Morgan fingerprint density at radius 3 is 2.60 bits per heavy atom. The lowest BCUT2D eigenvalue weighted by atomic mass is 10.1. The fourth-order valence-corrected chi connectivity index (χ4v) is 3.17. The summed E-state index contributed by atoms with van der Waals surface area (Å²) in [5, 5.41) is 0. The highest BCUT2D eigenvalue weighted by Crippen LogP contribution is 2.37. The molecule has 2 N–H and O–H groups in total. The Morgan fingerprint density at radius 1 is 1.05 bits per heavy atom. The molecule has 0 bridgehead atoms. The molecule has 1 aliphatic heterocycles. The van der Waals surface area contributed by atoms with Crippen molar-refractivity contribution in [2.45, 2.75) is 23.7 Å². The van der Waals surface area contributed by atoms with Gasteiger partial charge in [0, 0.05) is 23.7 Å². The van der Waals surface area contributed by atoms with Crippen LogP contribution in [0.4, 0.5) is 20.2 Å².